The van der Waals surface area contributed by atoms with Gasteiger partial charge in [-0.15, -0.1) is 0 Å². The van der Waals surface area contributed by atoms with Crippen molar-refractivity contribution < 1.29 is 37.6 Å². The molecule has 0 heterocycles. The molecule has 0 spiro atoms. The topological polar surface area (TPSA) is 134 Å². The molecule has 304 valence electrons. The quantitative estimate of drug-likeness (QED) is 0.0208. The van der Waals surface area contributed by atoms with Crippen molar-refractivity contribution in [1.29, 1.82) is 0 Å². The van der Waals surface area contributed by atoms with Crippen molar-refractivity contribution in [3.63, 3.8) is 0 Å². The van der Waals surface area contributed by atoms with Crippen LogP contribution >= 0.6 is 7.82 Å². The molecule has 0 saturated heterocycles. The number of unbranched alkanes of at least 4 members (excludes halogenated alkanes) is 15. The van der Waals surface area contributed by atoms with Crippen LogP contribution in [0.4, 0.5) is 0 Å². The van der Waals surface area contributed by atoms with Gasteiger partial charge in [-0.2, -0.15) is 0 Å². The Morgan fingerprint density at radius 3 is 1.75 bits per heavy atom. The minimum Gasteiger partial charge on any atom is -0.462 e. The first-order chi connectivity index (χ1) is 25.8. The van der Waals surface area contributed by atoms with Crippen LogP contribution < -0.4 is 5.73 Å². The zero-order valence-electron chi connectivity index (χ0n) is 33.2. The first-order valence-corrected chi connectivity index (χ1v) is 22.0. The van der Waals surface area contributed by atoms with E-state index in [1.807, 2.05) is 30.4 Å². The Hall–Kier alpha value is -2.55. The van der Waals surface area contributed by atoms with Gasteiger partial charge in [-0.05, 0) is 57.8 Å². The summed E-state index contributed by atoms with van der Waals surface area (Å²) in [5.74, 6) is -0.916. The van der Waals surface area contributed by atoms with Gasteiger partial charge in [0.05, 0.1) is 13.2 Å². The monoisotopic (exact) mass is 764 g/mol. The Kier molecular flexibility index (Phi) is 37.3. The number of rotatable bonds is 37. The standard InChI is InChI=1S/C43H74NO8P/c1-3-5-7-9-11-13-15-17-19-20-22-24-26-28-30-32-34-36-43(46)52-41(40-51-53(47,48)50-38-37-44)39-49-42(45)35-33-31-29-27-25-23-21-18-16-14-12-10-8-6-4-2/h6,8,10,12,14,16,18,21-22,24,28,30,41H,3-5,7,9,11,13,15,17,19-20,23,25-27,29,31-40,44H2,1-2H3,(H,47,48)/b8-6+,12-10+,16-14+,21-18+,24-22+,30-28+/t41-/m1/s1. The summed E-state index contributed by atoms with van der Waals surface area (Å²) >= 11 is 0. The van der Waals surface area contributed by atoms with E-state index in [2.05, 4.69) is 56.4 Å². The average molecular weight is 764 g/mol. The molecular weight excluding hydrogens is 689 g/mol. The van der Waals surface area contributed by atoms with E-state index < -0.39 is 32.5 Å². The smallest absolute Gasteiger partial charge is 0.462 e. The van der Waals surface area contributed by atoms with Gasteiger partial charge in [0.15, 0.2) is 6.10 Å². The fraction of sp³-hybridized carbons (Fsp3) is 0.674. The summed E-state index contributed by atoms with van der Waals surface area (Å²) < 4.78 is 32.6. The summed E-state index contributed by atoms with van der Waals surface area (Å²) in [4.78, 5) is 34.8. The molecule has 3 N–H and O–H groups in total. The van der Waals surface area contributed by atoms with Crippen molar-refractivity contribution in [3.05, 3.63) is 72.9 Å². The molecule has 1 unspecified atom stereocenters. The molecule has 0 rings (SSSR count). The number of allylic oxidation sites excluding steroid dienone is 12. The lowest BCUT2D eigenvalue weighted by Gasteiger charge is -2.19. The van der Waals surface area contributed by atoms with E-state index in [-0.39, 0.29) is 32.6 Å². The van der Waals surface area contributed by atoms with Gasteiger partial charge in [-0.25, -0.2) is 4.57 Å². The minimum absolute atomic E-state index is 0.0400. The molecular formula is C43H74NO8P. The Bertz CT molecular complexity index is 1100. The highest BCUT2D eigenvalue weighted by molar-refractivity contribution is 7.47. The number of esters is 2. The van der Waals surface area contributed by atoms with Crippen LogP contribution in [0.5, 0.6) is 0 Å². The summed E-state index contributed by atoms with van der Waals surface area (Å²) in [6.07, 6.45) is 46.5. The van der Waals surface area contributed by atoms with Crippen LogP contribution in [-0.4, -0.2) is 49.3 Å². The van der Waals surface area contributed by atoms with E-state index in [4.69, 9.17) is 24.3 Å². The predicted molar refractivity (Wildman–Crippen MR) is 219 cm³/mol. The lowest BCUT2D eigenvalue weighted by molar-refractivity contribution is -0.161. The van der Waals surface area contributed by atoms with E-state index in [1.54, 1.807) is 0 Å². The molecule has 0 bridgehead atoms. The first kappa shape index (κ1) is 50.5. The zero-order chi connectivity index (χ0) is 38.9. The molecule has 53 heavy (non-hydrogen) atoms. The van der Waals surface area contributed by atoms with E-state index in [9.17, 15) is 19.0 Å². The van der Waals surface area contributed by atoms with Crippen molar-refractivity contribution in [2.75, 3.05) is 26.4 Å². The minimum atomic E-state index is -4.39. The Balaban J connectivity index is 4.31. The van der Waals surface area contributed by atoms with Crippen molar-refractivity contribution in [3.8, 4) is 0 Å². The molecule has 0 amide bonds. The second-order valence-corrected chi connectivity index (χ2v) is 14.7. The summed E-state index contributed by atoms with van der Waals surface area (Å²) in [7, 11) is -4.39. The summed E-state index contributed by atoms with van der Waals surface area (Å²) in [6.45, 7) is 3.50. The number of hydrogen-bond donors (Lipinski definition) is 2. The highest BCUT2D eigenvalue weighted by atomic mass is 31.2. The van der Waals surface area contributed by atoms with Crippen LogP contribution in [0.3, 0.4) is 0 Å². The maximum atomic E-state index is 12.5. The largest absolute Gasteiger partial charge is 0.472 e. The third kappa shape index (κ3) is 39.0. The fourth-order valence-electron chi connectivity index (χ4n) is 5.15. The van der Waals surface area contributed by atoms with Gasteiger partial charge in [0.2, 0.25) is 0 Å². The molecule has 0 fully saturated rings. The summed E-state index contributed by atoms with van der Waals surface area (Å²) in [5, 5.41) is 0. The molecule has 0 aliphatic heterocycles. The average Bonchev–Trinajstić information content (AvgIpc) is 3.14. The van der Waals surface area contributed by atoms with Crippen molar-refractivity contribution in [2.24, 2.45) is 5.73 Å². The zero-order valence-corrected chi connectivity index (χ0v) is 34.1. The van der Waals surface area contributed by atoms with Crippen molar-refractivity contribution in [1.82, 2.24) is 0 Å². The van der Waals surface area contributed by atoms with Gasteiger partial charge in [0.1, 0.15) is 6.61 Å². The molecule has 0 aromatic heterocycles. The summed E-state index contributed by atoms with van der Waals surface area (Å²) in [6, 6.07) is 0. The molecule has 10 heteroatoms. The van der Waals surface area contributed by atoms with E-state index in [1.165, 1.54) is 57.8 Å². The predicted octanol–water partition coefficient (Wildman–Crippen LogP) is 11.5. The van der Waals surface area contributed by atoms with Crippen LogP contribution in [0.15, 0.2) is 72.9 Å². The van der Waals surface area contributed by atoms with Gasteiger partial charge in [-0.1, -0.05) is 157 Å². The highest BCUT2D eigenvalue weighted by Gasteiger charge is 2.25. The number of phosphoric acid groups is 1. The van der Waals surface area contributed by atoms with Gasteiger partial charge >= 0.3 is 19.8 Å². The van der Waals surface area contributed by atoms with Crippen LogP contribution in [0.1, 0.15) is 155 Å². The first-order valence-electron chi connectivity index (χ1n) is 20.5. The molecule has 0 aliphatic rings. The Labute approximate surface area is 322 Å². The maximum Gasteiger partial charge on any atom is 0.472 e. The maximum absolute atomic E-state index is 12.5. The van der Waals surface area contributed by atoms with Gasteiger partial charge < -0.3 is 20.1 Å². The van der Waals surface area contributed by atoms with Gasteiger partial charge in [-0.3, -0.25) is 18.6 Å². The Morgan fingerprint density at radius 1 is 0.604 bits per heavy atom. The molecule has 9 nitrogen and oxygen atoms in total. The third-order valence-electron chi connectivity index (χ3n) is 8.17. The van der Waals surface area contributed by atoms with Crippen molar-refractivity contribution in [2.45, 2.75) is 161 Å². The number of nitrogens with two attached hydrogens (primary N) is 1. The summed E-state index contributed by atoms with van der Waals surface area (Å²) in [5.41, 5.74) is 5.33. The number of carbonyl (C=O) groups excluding carboxylic acids is 2. The molecule has 0 saturated carbocycles. The third-order valence-corrected chi connectivity index (χ3v) is 9.16. The highest BCUT2D eigenvalue weighted by Crippen LogP contribution is 2.43. The number of ether oxygens (including phenoxy) is 2. The van der Waals surface area contributed by atoms with Crippen LogP contribution in [0.2, 0.25) is 0 Å². The molecule has 0 aromatic rings. The van der Waals surface area contributed by atoms with Gasteiger partial charge in [0, 0.05) is 19.4 Å². The number of phosphoric ester groups is 1. The van der Waals surface area contributed by atoms with Crippen LogP contribution in [0, 0.1) is 0 Å². The lowest BCUT2D eigenvalue weighted by atomic mass is 10.1. The molecule has 0 aromatic carbocycles. The second-order valence-electron chi connectivity index (χ2n) is 13.2. The van der Waals surface area contributed by atoms with E-state index >= 15 is 0 Å². The van der Waals surface area contributed by atoms with E-state index in [0.29, 0.717) is 12.8 Å². The SMILES string of the molecule is CC/C=C/C=C/C=C/C=C/CCCCCCCC(=O)OC[C@H](COP(=O)(O)OCCN)OC(=O)CCC/C=C/C/C=C/CCCCCCCCCCC. The number of carbonyl (C=O) groups is 2. The van der Waals surface area contributed by atoms with Crippen LogP contribution in [-0.2, 0) is 32.7 Å². The lowest BCUT2D eigenvalue weighted by Crippen LogP contribution is -2.29. The van der Waals surface area contributed by atoms with Crippen LogP contribution in [0.25, 0.3) is 0 Å². The number of hydrogen-bond acceptors (Lipinski definition) is 8. The normalized spacial score (nSPS) is 14.1. The Morgan fingerprint density at radius 2 is 1.13 bits per heavy atom. The van der Waals surface area contributed by atoms with Gasteiger partial charge in [0.25, 0.3) is 0 Å². The molecule has 2 atom stereocenters. The molecule has 0 radical (unpaired) electrons. The second kappa shape index (κ2) is 39.2. The van der Waals surface area contributed by atoms with E-state index in [0.717, 1.165) is 57.8 Å². The van der Waals surface area contributed by atoms with Crippen molar-refractivity contribution >= 4 is 19.8 Å². The fourth-order valence-corrected chi connectivity index (χ4v) is 5.92. The molecule has 0 aliphatic carbocycles.